The number of halogens is 6. The Morgan fingerprint density at radius 3 is 2.38 bits per heavy atom. The first-order chi connectivity index (χ1) is 18.3. The second kappa shape index (κ2) is 13.3. The highest BCUT2D eigenvalue weighted by atomic mass is 35.5. The van der Waals surface area contributed by atoms with Crippen LogP contribution in [0.2, 0.25) is 15.1 Å². The Morgan fingerprint density at radius 2 is 1.77 bits per heavy atom. The maximum atomic E-state index is 13.0. The van der Waals surface area contributed by atoms with Crippen molar-refractivity contribution in [2.24, 2.45) is 5.92 Å². The Hall–Kier alpha value is -2.47. The van der Waals surface area contributed by atoms with Crippen molar-refractivity contribution in [3.63, 3.8) is 0 Å². The summed E-state index contributed by atoms with van der Waals surface area (Å²) in [5.41, 5.74) is -0.810. The van der Waals surface area contributed by atoms with Crippen LogP contribution in [0.25, 0.3) is 0 Å². The molecule has 1 heterocycles. The lowest BCUT2D eigenvalue weighted by molar-refractivity contribution is -0.137. The van der Waals surface area contributed by atoms with Gasteiger partial charge in [0.1, 0.15) is 0 Å². The van der Waals surface area contributed by atoms with Gasteiger partial charge in [-0.2, -0.15) is 13.2 Å². The lowest BCUT2D eigenvalue weighted by atomic mass is 10.0. The molecule has 0 aliphatic carbocycles. The van der Waals surface area contributed by atoms with Gasteiger partial charge in [-0.25, -0.2) is 0 Å². The van der Waals surface area contributed by atoms with E-state index in [1.165, 1.54) is 12.1 Å². The Morgan fingerprint density at radius 1 is 1.05 bits per heavy atom. The summed E-state index contributed by atoms with van der Waals surface area (Å²) in [5.74, 6) is -0.449. The third-order valence-electron chi connectivity index (χ3n) is 5.46. The summed E-state index contributed by atoms with van der Waals surface area (Å²) in [6.07, 6.45) is -4.03. The third kappa shape index (κ3) is 8.26. The average Bonchev–Trinajstić information content (AvgIpc) is 3.25. The Bertz CT molecular complexity index is 1350. The first-order valence-corrected chi connectivity index (χ1v) is 13.9. The van der Waals surface area contributed by atoms with Gasteiger partial charge in [-0.15, -0.1) is 10.2 Å². The third-order valence-corrected chi connectivity index (χ3v) is 7.31. The molecule has 0 bridgehead atoms. The van der Waals surface area contributed by atoms with Crippen LogP contribution in [-0.4, -0.2) is 32.3 Å². The molecule has 3 rings (SSSR count). The van der Waals surface area contributed by atoms with Crippen molar-refractivity contribution >= 4 is 64.1 Å². The van der Waals surface area contributed by atoms with Crippen LogP contribution in [0.15, 0.2) is 41.6 Å². The lowest BCUT2D eigenvalue weighted by Gasteiger charge is -2.21. The predicted octanol–water partition coefficient (Wildman–Crippen LogP) is 7.53. The molecule has 0 saturated heterocycles. The van der Waals surface area contributed by atoms with Gasteiger partial charge in [-0.3, -0.25) is 9.59 Å². The molecule has 0 saturated carbocycles. The summed E-state index contributed by atoms with van der Waals surface area (Å²) < 4.78 is 40.9. The van der Waals surface area contributed by atoms with E-state index in [2.05, 4.69) is 20.8 Å². The molecule has 0 aliphatic rings. The molecule has 2 N–H and O–H groups in total. The highest BCUT2D eigenvalue weighted by Gasteiger charge is 2.31. The van der Waals surface area contributed by atoms with Crippen LogP contribution >= 0.6 is 46.6 Å². The topological polar surface area (TPSA) is 88.9 Å². The SMILES string of the molecule is CCn1c(SCC(=O)Nc2cc(C(F)(F)F)ccc2Cl)nnc1[C@@H](CC(C)C)NC(=O)c1ccc(Cl)cc1Cl. The molecule has 1 atom stereocenters. The average molecular weight is 623 g/mol. The maximum absolute atomic E-state index is 13.0. The number of carbonyl (C=O) groups is 2. The molecular formula is C25H25Cl3F3N5O2S. The van der Waals surface area contributed by atoms with Crippen LogP contribution in [-0.2, 0) is 17.5 Å². The smallest absolute Gasteiger partial charge is 0.342 e. The van der Waals surface area contributed by atoms with E-state index in [9.17, 15) is 22.8 Å². The van der Waals surface area contributed by atoms with Crippen LogP contribution in [0.5, 0.6) is 0 Å². The summed E-state index contributed by atoms with van der Waals surface area (Å²) in [5, 5.41) is 14.9. The molecule has 3 aromatic rings. The van der Waals surface area contributed by atoms with E-state index in [0.29, 0.717) is 29.0 Å². The fraction of sp³-hybridized carbons (Fsp3) is 0.360. The van der Waals surface area contributed by atoms with Crippen molar-refractivity contribution in [3.05, 3.63) is 68.4 Å². The Balaban J connectivity index is 1.76. The molecule has 210 valence electrons. The van der Waals surface area contributed by atoms with Crippen molar-refractivity contribution in [3.8, 4) is 0 Å². The summed E-state index contributed by atoms with van der Waals surface area (Å²) in [6, 6.07) is 6.77. The van der Waals surface area contributed by atoms with E-state index in [-0.39, 0.29) is 33.0 Å². The molecule has 0 unspecified atom stereocenters. The molecule has 2 amide bonds. The number of thioether (sulfide) groups is 1. The normalized spacial score (nSPS) is 12.5. The van der Waals surface area contributed by atoms with E-state index in [0.717, 1.165) is 30.0 Å². The van der Waals surface area contributed by atoms with E-state index in [1.807, 2.05) is 20.8 Å². The number of aromatic nitrogens is 3. The largest absolute Gasteiger partial charge is 0.416 e. The summed E-state index contributed by atoms with van der Waals surface area (Å²) >= 11 is 19.2. The number of anilines is 1. The Labute approximate surface area is 242 Å². The molecule has 7 nitrogen and oxygen atoms in total. The van der Waals surface area contributed by atoms with Gasteiger partial charge in [0.25, 0.3) is 5.91 Å². The lowest BCUT2D eigenvalue weighted by Crippen LogP contribution is -2.32. The molecule has 0 radical (unpaired) electrons. The number of alkyl halides is 3. The number of nitrogens with zero attached hydrogens (tertiary/aromatic N) is 3. The summed E-state index contributed by atoms with van der Waals surface area (Å²) in [6.45, 7) is 6.31. The van der Waals surface area contributed by atoms with Gasteiger partial charge in [0.15, 0.2) is 11.0 Å². The van der Waals surface area contributed by atoms with Gasteiger partial charge in [0.05, 0.1) is 38.7 Å². The number of hydrogen-bond acceptors (Lipinski definition) is 5. The van der Waals surface area contributed by atoms with E-state index in [4.69, 9.17) is 34.8 Å². The van der Waals surface area contributed by atoms with Crippen LogP contribution in [0.1, 0.15) is 55.0 Å². The second-order valence-electron chi connectivity index (χ2n) is 8.89. The highest BCUT2D eigenvalue weighted by Crippen LogP contribution is 2.34. The van der Waals surface area contributed by atoms with Crippen molar-refractivity contribution in [2.75, 3.05) is 11.1 Å². The molecule has 14 heteroatoms. The number of nitrogens with one attached hydrogen (secondary N) is 2. The number of carbonyl (C=O) groups excluding carboxylic acids is 2. The molecule has 39 heavy (non-hydrogen) atoms. The van der Waals surface area contributed by atoms with Crippen LogP contribution < -0.4 is 10.6 Å². The molecule has 0 aliphatic heterocycles. The fourth-order valence-corrected chi connectivity index (χ4v) is 5.15. The zero-order chi connectivity index (χ0) is 28.9. The van der Waals surface area contributed by atoms with Gasteiger partial charge in [-0.05, 0) is 55.7 Å². The molecule has 0 spiro atoms. The molecule has 0 fully saturated rings. The van der Waals surface area contributed by atoms with Gasteiger partial charge < -0.3 is 15.2 Å². The van der Waals surface area contributed by atoms with E-state index in [1.54, 1.807) is 10.6 Å². The van der Waals surface area contributed by atoms with Crippen LogP contribution in [0.3, 0.4) is 0 Å². The Kier molecular flexibility index (Phi) is 10.6. The van der Waals surface area contributed by atoms with Gasteiger partial charge in [0, 0.05) is 11.6 Å². The van der Waals surface area contributed by atoms with Crippen molar-refractivity contribution in [1.82, 2.24) is 20.1 Å². The molecule has 1 aromatic heterocycles. The van der Waals surface area contributed by atoms with E-state index >= 15 is 0 Å². The van der Waals surface area contributed by atoms with Crippen LogP contribution in [0, 0.1) is 5.92 Å². The summed E-state index contributed by atoms with van der Waals surface area (Å²) in [7, 11) is 0. The minimum Gasteiger partial charge on any atom is -0.342 e. The minimum atomic E-state index is -4.58. The second-order valence-corrected chi connectivity index (χ2v) is 11.1. The first kappa shape index (κ1) is 31.1. The summed E-state index contributed by atoms with van der Waals surface area (Å²) in [4.78, 5) is 25.5. The number of hydrogen-bond donors (Lipinski definition) is 2. The number of rotatable bonds is 10. The standard InChI is InChI=1S/C25H25Cl3F3N5O2S/c1-4-36-22(20(9-13(2)3)33-23(38)16-7-6-15(26)11-18(16)28)34-35-24(36)39-12-21(37)32-19-10-14(25(29,30)31)5-8-17(19)27/h5-8,10-11,13,20H,4,9,12H2,1-3H3,(H,32,37)(H,33,38)/t20-/m1/s1. The number of amides is 2. The van der Waals surface area contributed by atoms with Crippen molar-refractivity contribution in [1.29, 1.82) is 0 Å². The highest BCUT2D eigenvalue weighted by molar-refractivity contribution is 7.99. The number of benzene rings is 2. The van der Waals surface area contributed by atoms with Gasteiger partial charge >= 0.3 is 6.18 Å². The zero-order valence-electron chi connectivity index (χ0n) is 21.1. The van der Waals surface area contributed by atoms with Crippen LogP contribution in [0.4, 0.5) is 18.9 Å². The maximum Gasteiger partial charge on any atom is 0.416 e. The molecule has 2 aromatic carbocycles. The first-order valence-electron chi connectivity index (χ1n) is 11.8. The fourth-order valence-electron chi connectivity index (χ4n) is 3.69. The van der Waals surface area contributed by atoms with Crippen molar-refractivity contribution in [2.45, 2.75) is 51.1 Å². The van der Waals surface area contributed by atoms with E-state index < -0.39 is 29.6 Å². The monoisotopic (exact) mass is 621 g/mol. The predicted molar refractivity (Wildman–Crippen MR) is 148 cm³/mol. The van der Waals surface area contributed by atoms with Gasteiger partial charge in [0.2, 0.25) is 5.91 Å². The van der Waals surface area contributed by atoms with Gasteiger partial charge in [-0.1, -0.05) is 60.4 Å². The van der Waals surface area contributed by atoms with Crippen molar-refractivity contribution < 1.29 is 22.8 Å². The quantitative estimate of drug-likeness (QED) is 0.228. The zero-order valence-corrected chi connectivity index (χ0v) is 24.2. The minimum absolute atomic E-state index is 0.0200. The molecular weight excluding hydrogens is 598 g/mol.